The van der Waals surface area contributed by atoms with E-state index in [9.17, 15) is 9.18 Å². The highest BCUT2D eigenvalue weighted by atomic mass is 19.1. The van der Waals surface area contributed by atoms with Gasteiger partial charge in [0.2, 0.25) is 0 Å². The molecule has 0 bridgehead atoms. The van der Waals surface area contributed by atoms with Crippen LogP contribution in [0.25, 0.3) is 0 Å². The number of carbonyl (C=O) groups excluding carboxylic acids is 1. The van der Waals surface area contributed by atoms with E-state index in [0.717, 1.165) is 0 Å². The van der Waals surface area contributed by atoms with E-state index in [1.54, 1.807) is 30.3 Å². The van der Waals surface area contributed by atoms with Gasteiger partial charge < -0.3 is 9.47 Å². The fourth-order valence-corrected chi connectivity index (χ4v) is 2.50. The number of esters is 1. The fourth-order valence-electron chi connectivity index (χ4n) is 2.50. The van der Waals surface area contributed by atoms with Gasteiger partial charge in [-0.25, -0.2) is 9.18 Å². The molecular weight excluding hydrogens is 323 g/mol. The Morgan fingerprint density at radius 3 is 2.56 bits per heavy atom. The van der Waals surface area contributed by atoms with E-state index >= 15 is 0 Å². The van der Waals surface area contributed by atoms with Crippen LogP contribution in [0, 0.1) is 17.1 Å². The van der Waals surface area contributed by atoms with Gasteiger partial charge in [-0.15, -0.1) is 0 Å². The number of nitriles is 1. The molecule has 130 valence electrons. The summed E-state index contributed by atoms with van der Waals surface area (Å²) in [5, 5.41) is 12.2. The van der Waals surface area contributed by atoms with Crippen LogP contribution in [0.2, 0.25) is 0 Å². The molecule has 0 saturated carbocycles. The van der Waals surface area contributed by atoms with Gasteiger partial charge in [-0.2, -0.15) is 5.26 Å². The molecule has 2 atom stereocenters. The Labute approximate surface area is 146 Å². The Morgan fingerprint density at radius 1 is 1.20 bits per heavy atom. The molecule has 6 heteroatoms. The third kappa shape index (κ3) is 4.34. The minimum atomic E-state index is -0.779. The lowest BCUT2D eigenvalue weighted by molar-refractivity contribution is -0.143. The van der Waals surface area contributed by atoms with Crippen LogP contribution in [0.3, 0.4) is 0 Å². The Morgan fingerprint density at radius 2 is 1.96 bits per heavy atom. The number of hydrogen-bond acceptors (Lipinski definition) is 5. The summed E-state index contributed by atoms with van der Waals surface area (Å²) in [5.41, 5.74) is 1.70. The molecule has 0 radical (unpaired) electrons. The maximum absolute atomic E-state index is 13.9. The van der Waals surface area contributed by atoms with Crippen molar-refractivity contribution in [2.45, 2.75) is 19.0 Å². The number of hydrogen-bond donors (Lipinski definition) is 1. The number of halogens is 1. The highest BCUT2D eigenvalue weighted by Gasteiger charge is 2.24. The van der Waals surface area contributed by atoms with Gasteiger partial charge >= 0.3 is 5.97 Å². The number of benzene rings is 2. The first-order chi connectivity index (χ1) is 12.0. The molecule has 0 amide bonds. The Kier molecular flexibility index (Phi) is 6.09. The van der Waals surface area contributed by atoms with E-state index in [1.165, 1.54) is 26.4 Å². The normalized spacial score (nSPS) is 12.8. The summed E-state index contributed by atoms with van der Waals surface area (Å²) in [7, 11) is 2.69. The van der Waals surface area contributed by atoms with Crippen LogP contribution in [0.15, 0.2) is 42.5 Å². The zero-order valence-electron chi connectivity index (χ0n) is 14.2. The quantitative estimate of drug-likeness (QED) is 0.816. The van der Waals surface area contributed by atoms with Gasteiger partial charge in [0.25, 0.3) is 0 Å². The minimum Gasteiger partial charge on any atom is -0.494 e. The van der Waals surface area contributed by atoms with E-state index in [2.05, 4.69) is 5.32 Å². The average molecular weight is 342 g/mol. The molecule has 0 saturated heterocycles. The highest BCUT2D eigenvalue weighted by Crippen LogP contribution is 2.25. The summed E-state index contributed by atoms with van der Waals surface area (Å²) in [6.45, 7) is 1.81. The van der Waals surface area contributed by atoms with Crippen LogP contribution in [0.4, 0.5) is 4.39 Å². The van der Waals surface area contributed by atoms with Crippen molar-refractivity contribution in [1.29, 1.82) is 5.26 Å². The molecule has 0 heterocycles. The zero-order valence-corrected chi connectivity index (χ0v) is 14.2. The Bertz CT molecular complexity index is 801. The van der Waals surface area contributed by atoms with E-state index < -0.39 is 17.8 Å². The van der Waals surface area contributed by atoms with Crippen molar-refractivity contribution in [3.8, 4) is 11.8 Å². The SMILES string of the molecule is COC(=O)[C@H](N[C@H](C)c1ccc(OC)c(F)c1)c1cccc(C#N)c1. The third-order valence-corrected chi connectivity index (χ3v) is 3.88. The number of carbonyl (C=O) groups is 1. The summed E-state index contributed by atoms with van der Waals surface area (Å²) in [6, 6.07) is 12.2. The van der Waals surface area contributed by atoms with Crippen LogP contribution >= 0.6 is 0 Å². The standard InChI is InChI=1S/C19H19FN2O3/c1-12(14-7-8-17(24-2)16(20)10-14)22-18(19(23)25-3)15-6-4-5-13(9-15)11-21/h4-10,12,18,22H,1-3H3/t12-,18-/m1/s1. The lowest BCUT2D eigenvalue weighted by Crippen LogP contribution is -2.31. The van der Waals surface area contributed by atoms with Gasteiger partial charge in [0.1, 0.15) is 6.04 Å². The van der Waals surface area contributed by atoms with E-state index in [0.29, 0.717) is 16.7 Å². The monoisotopic (exact) mass is 342 g/mol. The maximum Gasteiger partial charge on any atom is 0.327 e. The first-order valence-corrected chi connectivity index (χ1v) is 7.67. The Balaban J connectivity index is 2.29. The van der Waals surface area contributed by atoms with Crippen LogP contribution in [-0.4, -0.2) is 20.2 Å². The second kappa shape index (κ2) is 8.27. The average Bonchev–Trinajstić information content (AvgIpc) is 2.65. The van der Waals surface area contributed by atoms with Gasteiger partial charge in [0, 0.05) is 6.04 Å². The van der Waals surface area contributed by atoms with Gasteiger partial charge in [-0.1, -0.05) is 18.2 Å². The van der Waals surface area contributed by atoms with Gasteiger partial charge in [0.05, 0.1) is 25.9 Å². The van der Waals surface area contributed by atoms with Crippen LogP contribution in [0.1, 0.15) is 35.7 Å². The van der Waals surface area contributed by atoms with Gasteiger partial charge in [0.15, 0.2) is 11.6 Å². The molecule has 5 nitrogen and oxygen atoms in total. The minimum absolute atomic E-state index is 0.155. The van der Waals surface area contributed by atoms with E-state index in [1.807, 2.05) is 13.0 Å². The van der Waals surface area contributed by atoms with Gasteiger partial charge in [-0.3, -0.25) is 5.32 Å². The predicted molar refractivity (Wildman–Crippen MR) is 90.4 cm³/mol. The van der Waals surface area contributed by atoms with E-state index in [-0.39, 0.29) is 11.8 Å². The number of ether oxygens (including phenoxy) is 2. The van der Waals surface area contributed by atoms with Crippen molar-refractivity contribution in [3.63, 3.8) is 0 Å². The molecule has 25 heavy (non-hydrogen) atoms. The molecule has 0 unspecified atom stereocenters. The summed E-state index contributed by atoms with van der Waals surface area (Å²) in [5.74, 6) is -0.812. The molecule has 1 N–H and O–H groups in total. The Hall–Kier alpha value is -2.91. The van der Waals surface area contributed by atoms with Crippen LogP contribution < -0.4 is 10.1 Å². The number of nitrogens with one attached hydrogen (secondary N) is 1. The molecule has 0 aliphatic heterocycles. The van der Waals surface area contributed by atoms with E-state index in [4.69, 9.17) is 14.7 Å². The second-order valence-electron chi connectivity index (χ2n) is 5.48. The first-order valence-electron chi connectivity index (χ1n) is 7.67. The van der Waals surface area contributed by atoms with Crippen molar-refractivity contribution in [2.75, 3.05) is 14.2 Å². The van der Waals surface area contributed by atoms with Crippen molar-refractivity contribution in [3.05, 3.63) is 65.0 Å². The van der Waals surface area contributed by atoms with Gasteiger partial charge in [-0.05, 0) is 42.3 Å². The van der Waals surface area contributed by atoms with Crippen LogP contribution in [0.5, 0.6) is 5.75 Å². The lowest BCUT2D eigenvalue weighted by atomic mass is 10.0. The molecule has 2 aromatic rings. The maximum atomic E-state index is 13.9. The number of rotatable bonds is 6. The summed E-state index contributed by atoms with van der Waals surface area (Å²) in [6.07, 6.45) is 0. The number of nitrogens with zero attached hydrogens (tertiary/aromatic N) is 1. The predicted octanol–water partition coefficient (Wildman–Crippen LogP) is 3.27. The molecular formula is C19H19FN2O3. The molecule has 0 aliphatic carbocycles. The van der Waals surface area contributed by atoms with Crippen molar-refractivity contribution in [1.82, 2.24) is 5.32 Å². The summed E-state index contributed by atoms with van der Waals surface area (Å²) < 4.78 is 23.7. The highest BCUT2D eigenvalue weighted by molar-refractivity contribution is 5.77. The van der Waals surface area contributed by atoms with Crippen molar-refractivity contribution >= 4 is 5.97 Å². The molecule has 2 rings (SSSR count). The molecule has 0 fully saturated rings. The topological polar surface area (TPSA) is 71.3 Å². The third-order valence-electron chi connectivity index (χ3n) is 3.88. The lowest BCUT2D eigenvalue weighted by Gasteiger charge is -2.22. The second-order valence-corrected chi connectivity index (χ2v) is 5.48. The number of methoxy groups -OCH3 is 2. The summed E-state index contributed by atoms with van der Waals surface area (Å²) >= 11 is 0. The largest absolute Gasteiger partial charge is 0.494 e. The molecule has 0 spiro atoms. The molecule has 2 aromatic carbocycles. The smallest absolute Gasteiger partial charge is 0.327 e. The zero-order chi connectivity index (χ0) is 18.4. The fraction of sp³-hybridized carbons (Fsp3) is 0.263. The van der Waals surface area contributed by atoms with Crippen molar-refractivity contribution in [2.24, 2.45) is 0 Å². The molecule has 0 aromatic heterocycles. The van der Waals surface area contributed by atoms with Crippen LogP contribution in [-0.2, 0) is 9.53 Å². The molecule has 0 aliphatic rings. The van der Waals surface area contributed by atoms with Crippen molar-refractivity contribution < 1.29 is 18.7 Å². The first kappa shape index (κ1) is 18.4. The summed E-state index contributed by atoms with van der Waals surface area (Å²) in [4.78, 5) is 12.2.